The van der Waals surface area contributed by atoms with Crippen LogP contribution in [0.3, 0.4) is 0 Å². The van der Waals surface area contributed by atoms with Gasteiger partial charge in [-0.25, -0.2) is 9.07 Å². The van der Waals surface area contributed by atoms with Gasteiger partial charge in [0.2, 0.25) is 0 Å². The highest BCUT2D eigenvalue weighted by molar-refractivity contribution is 5.95. The summed E-state index contributed by atoms with van der Waals surface area (Å²) >= 11 is 0. The van der Waals surface area contributed by atoms with Crippen molar-refractivity contribution >= 4 is 11.6 Å². The Labute approximate surface area is 156 Å². The van der Waals surface area contributed by atoms with E-state index in [0.717, 1.165) is 5.69 Å². The molecule has 2 aromatic carbocycles. The Hall–Kier alpha value is -3.28. The summed E-state index contributed by atoms with van der Waals surface area (Å²) in [5.74, 6) is -0.577. The number of carbonyl (C=O) groups excluding carboxylic acids is 1. The van der Waals surface area contributed by atoms with Crippen molar-refractivity contribution < 1.29 is 9.18 Å². The van der Waals surface area contributed by atoms with E-state index in [-0.39, 0.29) is 17.3 Å². The minimum atomic E-state index is -0.780. The molecule has 1 amide bonds. The Morgan fingerprint density at radius 2 is 1.74 bits per heavy atom. The van der Waals surface area contributed by atoms with Crippen LogP contribution < -0.4 is 10.5 Å². The number of nitrogens with zero attached hydrogens (tertiary/aromatic N) is 3. The van der Waals surface area contributed by atoms with Crippen LogP contribution in [0.4, 0.5) is 10.1 Å². The van der Waals surface area contributed by atoms with Gasteiger partial charge in [-0.2, -0.15) is 5.10 Å². The molecular weight excluding hydrogens is 345 g/mol. The van der Waals surface area contributed by atoms with Gasteiger partial charge in [0.05, 0.1) is 5.69 Å². The number of amides is 1. The van der Waals surface area contributed by atoms with Gasteiger partial charge in [0.15, 0.2) is 0 Å². The van der Waals surface area contributed by atoms with Crippen LogP contribution in [0.2, 0.25) is 0 Å². The molecule has 138 valence electrons. The van der Waals surface area contributed by atoms with Crippen LogP contribution in [-0.2, 0) is 4.79 Å². The zero-order chi connectivity index (χ0) is 19.4. The Balaban J connectivity index is 1.95. The first-order valence-corrected chi connectivity index (χ1v) is 8.73. The van der Waals surface area contributed by atoms with Gasteiger partial charge in [-0.3, -0.25) is 9.59 Å². The molecule has 1 aromatic heterocycles. The van der Waals surface area contributed by atoms with E-state index >= 15 is 0 Å². The van der Waals surface area contributed by atoms with E-state index in [1.54, 1.807) is 30.0 Å². The van der Waals surface area contributed by atoms with Crippen LogP contribution >= 0.6 is 0 Å². The number of para-hydroxylation sites is 1. The number of likely N-dealkylation sites (N-methyl/N-ethyl adjacent to an activating group) is 1. The van der Waals surface area contributed by atoms with Crippen LogP contribution in [0.5, 0.6) is 0 Å². The molecule has 0 fully saturated rings. The number of aromatic nitrogens is 2. The van der Waals surface area contributed by atoms with Crippen molar-refractivity contribution in [1.82, 2.24) is 9.78 Å². The lowest BCUT2D eigenvalue weighted by molar-refractivity contribution is -0.121. The molecule has 5 nitrogen and oxygen atoms in total. The molecule has 0 saturated carbocycles. The fraction of sp³-hybridized carbons (Fsp3) is 0.190. The normalized spacial score (nSPS) is 11.8. The van der Waals surface area contributed by atoms with Gasteiger partial charge in [-0.1, -0.05) is 18.2 Å². The SMILES string of the molecule is CCN(C(=O)C(C)n1nc(-c2ccc(F)cc2)ccc1=O)c1ccccc1. The predicted molar refractivity (Wildman–Crippen MR) is 103 cm³/mol. The molecule has 1 unspecified atom stereocenters. The maximum atomic E-state index is 13.1. The highest BCUT2D eigenvalue weighted by Gasteiger charge is 2.24. The average Bonchev–Trinajstić information content (AvgIpc) is 2.70. The van der Waals surface area contributed by atoms with Gasteiger partial charge < -0.3 is 4.90 Å². The van der Waals surface area contributed by atoms with Gasteiger partial charge in [0, 0.05) is 23.9 Å². The van der Waals surface area contributed by atoms with E-state index in [4.69, 9.17) is 0 Å². The molecule has 0 spiro atoms. The molecule has 1 heterocycles. The molecule has 0 radical (unpaired) electrons. The number of hydrogen-bond donors (Lipinski definition) is 0. The summed E-state index contributed by atoms with van der Waals surface area (Å²) in [4.78, 5) is 26.9. The molecule has 6 heteroatoms. The second kappa shape index (κ2) is 7.95. The number of benzene rings is 2. The fourth-order valence-corrected chi connectivity index (χ4v) is 2.88. The Kier molecular flexibility index (Phi) is 5.45. The van der Waals surface area contributed by atoms with Gasteiger partial charge in [0.1, 0.15) is 11.9 Å². The Bertz CT molecular complexity index is 984. The quantitative estimate of drug-likeness (QED) is 0.693. The van der Waals surface area contributed by atoms with Gasteiger partial charge in [-0.15, -0.1) is 0 Å². The average molecular weight is 365 g/mol. The van der Waals surface area contributed by atoms with E-state index in [9.17, 15) is 14.0 Å². The maximum absolute atomic E-state index is 13.1. The summed E-state index contributed by atoms with van der Waals surface area (Å²) in [5, 5.41) is 4.34. The molecule has 3 aromatic rings. The zero-order valence-electron chi connectivity index (χ0n) is 15.2. The lowest BCUT2D eigenvalue weighted by atomic mass is 10.1. The van der Waals surface area contributed by atoms with Crippen LogP contribution in [0.15, 0.2) is 71.5 Å². The minimum absolute atomic E-state index is 0.227. The summed E-state index contributed by atoms with van der Waals surface area (Å²) < 4.78 is 14.3. The number of carbonyl (C=O) groups is 1. The third kappa shape index (κ3) is 3.95. The summed E-state index contributed by atoms with van der Waals surface area (Å²) in [6.45, 7) is 4.00. The molecule has 0 aliphatic carbocycles. The molecule has 27 heavy (non-hydrogen) atoms. The Morgan fingerprint density at radius 3 is 2.37 bits per heavy atom. The van der Waals surface area contributed by atoms with E-state index in [0.29, 0.717) is 17.8 Å². The van der Waals surface area contributed by atoms with Crippen molar-refractivity contribution in [1.29, 1.82) is 0 Å². The van der Waals surface area contributed by atoms with Gasteiger partial charge in [0.25, 0.3) is 11.5 Å². The predicted octanol–water partition coefficient (Wildman–Crippen LogP) is 3.66. The van der Waals surface area contributed by atoms with Gasteiger partial charge in [-0.05, 0) is 56.3 Å². The molecular formula is C21H20FN3O2. The first-order chi connectivity index (χ1) is 13.0. The van der Waals surface area contributed by atoms with Crippen LogP contribution in [0.25, 0.3) is 11.3 Å². The highest BCUT2D eigenvalue weighted by atomic mass is 19.1. The number of hydrogen-bond acceptors (Lipinski definition) is 3. The second-order valence-electron chi connectivity index (χ2n) is 6.10. The van der Waals surface area contributed by atoms with E-state index in [1.807, 2.05) is 37.3 Å². The van der Waals surface area contributed by atoms with Crippen molar-refractivity contribution in [2.24, 2.45) is 0 Å². The van der Waals surface area contributed by atoms with Crippen molar-refractivity contribution in [3.63, 3.8) is 0 Å². The molecule has 1 atom stereocenters. The fourth-order valence-electron chi connectivity index (χ4n) is 2.88. The first kappa shape index (κ1) is 18.5. The van der Waals surface area contributed by atoms with Crippen molar-refractivity contribution in [3.8, 4) is 11.3 Å². The molecule has 3 rings (SSSR count). The number of anilines is 1. The standard InChI is InChI=1S/C21H20FN3O2/c1-3-24(18-7-5-4-6-8-18)21(27)15(2)25-20(26)14-13-19(23-25)16-9-11-17(22)12-10-16/h4-15H,3H2,1-2H3. The molecule has 0 aliphatic heterocycles. The van der Waals surface area contributed by atoms with Crippen molar-refractivity contribution in [2.75, 3.05) is 11.4 Å². The lowest BCUT2D eigenvalue weighted by Crippen LogP contribution is -2.40. The maximum Gasteiger partial charge on any atom is 0.267 e. The lowest BCUT2D eigenvalue weighted by Gasteiger charge is -2.25. The third-order valence-electron chi connectivity index (χ3n) is 4.34. The summed E-state index contributed by atoms with van der Waals surface area (Å²) in [5.41, 5.74) is 1.56. The molecule has 0 saturated heterocycles. The monoisotopic (exact) mass is 365 g/mol. The number of halogens is 1. The molecule has 0 N–H and O–H groups in total. The topological polar surface area (TPSA) is 55.2 Å². The highest BCUT2D eigenvalue weighted by Crippen LogP contribution is 2.19. The van der Waals surface area contributed by atoms with Crippen LogP contribution in [0.1, 0.15) is 19.9 Å². The van der Waals surface area contributed by atoms with Crippen LogP contribution in [-0.4, -0.2) is 22.2 Å². The van der Waals surface area contributed by atoms with Crippen LogP contribution in [0, 0.1) is 5.82 Å². The van der Waals surface area contributed by atoms with E-state index in [2.05, 4.69) is 5.10 Å². The summed E-state index contributed by atoms with van der Waals surface area (Å²) in [6.07, 6.45) is 0. The van der Waals surface area contributed by atoms with Gasteiger partial charge >= 0.3 is 0 Å². The minimum Gasteiger partial charge on any atom is -0.311 e. The van der Waals surface area contributed by atoms with E-state index in [1.165, 1.54) is 22.9 Å². The third-order valence-corrected chi connectivity index (χ3v) is 4.34. The number of rotatable bonds is 5. The van der Waals surface area contributed by atoms with Crippen molar-refractivity contribution in [3.05, 3.63) is 82.9 Å². The van der Waals surface area contributed by atoms with E-state index < -0.39 is 6.04 Å². The summed E-state index contributed by atoms with van der Waals surface area (Å²) in [6, 6.07) is 17.3. The second-order valence-corrected chi connectivity index (χ2v) is 6.10. The molecule has 0 aliphatic rings. The smallest absolute Gasteiger partial charge is 0.267 e. The largest absolute Gasteiger partial charge is 0.311 e. The summed E-state index contributed by atoms with van der Waals surface area (Å²) in [7, 11) is 0. The molecule has 0 bridgehead atoms. The van der Waals surface area contributed by atoms with Crippen molar-refractivity contribution in [2.45, 2.75) is 19.9 Å². The zero-order valence-corrected chi connectivity index (χ0v) is 15.2. The Morgan fingerprint density at radius 1 is 1.07 bits per heavy atom. The first-order valence-electron chi connectivity index (χ1n) is 8.73.